The molecule has 0 radical (unpaired) electrons. The Balaban J connectivity index is 2.22. The summed E-state index contributed by atoms with van der Waals surface area (Å²) < 4.78 is 5.50. The summed E-state index contributed by atoms with van der Waals surface area (Å²) in [5.74, 6) is -0.356. The van der Waals surface area contributed by atoms with Crippen molar-refractivity contribution in [1.29, 1.82) is 0 Å². The quantitative estimate of drug-likeness (QED) is 0.673. The summed E-state index contributed by atoms with van der Waals surface area (Å²) >= 11 is 0. The first-order valence-electron chi connectivity index (χ1n) is 6.19. The van der Waals surface area contributed by atoms with E-state index in [4.69, 9.17) is 9.84 Å². The van der Waals surface area contributed by atoms with Crippen LogP contribution in [0.2, 0.25) is 0 Å². The smallest absolute Gasteiger partial charge is 0.311 e. The maximum absolute atomic E-state index is 11.0. The van der Waals surface area contributed by atoms with Crippen LogP contribution >= 0.6 is 0 Å². The van der Waals surface area contributed by atoms with Gasteiger partial charge < -0.3 is 9.84 Å². The molecule has 0 aliphatic carbocycles. The second-order valence-electron chi connectivity index (χ2n) is 4.54. The van der Waals surface area contributed by atoms with Gasteiger partial charge in [0.2, 0.25) is 5.75 Å². The number of carbonyl (C=O) groups is 1. The van der Waals surface area contributed by atoms with Crippen LogP contribution in [-0.4, -0.2) is 16.0 Å². The maximum Gasteiger partial charge on any atom is 0.311 e. The SMILES string of the molecule is Cc1ccc(Oc2ccc(CC(=O)O)cc2)c([N+](=O)[O-])c1. The summed E-state index contributed by atoms with van der Waals surface area (Å²) in [6.45, 7) is 1.76. The van der Waals surface area contributed by atoms with Gasteiger partial charge in [0.05, 0.1) is 11.3 Å². The third-order valence-electron chi connectivity index (χ3n) is 2.82. The van der Waals surface area contributed by atoms with Crippen LogP contribution in [0.1, 0.15) is 11.1 Å². The van der Waals surface area contributed by atoms with E-state index in [0.29, 0.717) is 11.3 Å². The average Bonchev–Trinajstić information content (AvgIpc) is 2.42. The zero-order valence-electron chi connectivity index (χ0n) is 11.3. The number of nitro benzene ring substituents is 1. The standard InChI is InChI=1S/C15H13NO5/c1-10-2-7-14(13(8-10)16(19)20)21-12-5-3-11(4-6-12)9-15(17)18/h2-8H,9H2,1H3,(H,17,18). The summed E-state index contributed by atoms with van der Waals surface area (Å²) in [5.41, 5.74) is 1.30. The van der Waals surface area contributed by atoms with Gasteiger partial charge >= 0.3 is 11.7 Å². The third kappa shape index (κ3) is 3.79. The van der Waals surface area contributed by atoms with Crippen LogP contribution in [0.4, 0.5) is 5.69 Å². The molecule has 0 saturated carbocycles. The molecule has 0 aliphatic rings. The molecule has 0 amide bonds. The van der Waals surface area contributed by atoms with Gasteiger partial charge in [0.1, 0.15) is 5.75 Å². The molecule has 2 rings (SSSR count). The zero-order valence-corrected chi connectivity index (χ0v) is 11.3. The molecule has 108 valence electrons. The summed E-state index contributed by atoms with van der Waals surface area (Å²) in [6, 6.07) is 11.1. The topological polar surface area (TPSA) is 89.7 Å². The van der Waals surface area contributed by atoms with Crippen molar-refractivity contribution < 1.29 is 19.6 Å². The van der Waals surface area contributed by atoms with E-state index in [1.165, 1.54) is 6.07 Å². The molecule has 0 heterocycles. The maximum atomic E-state index is 11.0. The lowest BCUT2D eigenvalue weighted by molar-refractivity contribution is -0.385. The zero-order chi connectivity index (χ0) is 15.4. The van der Waals surface area contributed by atoms with Crippen molar-refractivity contribution in [2.75, 3.05) is 0 Å². The van der Waals surface area contributed by atoms with Crippen molar-refractivity contribution in [3.63, 3.8) is 0 Å². The number of hydrogen-bond acceptors (Lipinski definition) is 4. The van der Waals surface area contributed by atoms with Crippen LogP contribution in [0.25, 0.3) is 0 Å². The normalized spacial score (nSPS) is 10.1. The lowest BCUT2D eigenvalue weighted by Gasteiger charge is -2.07. The number of aryl methyl sites for hydroxylation is 1. The summed E-state index contributed by atoms with van der Waals surface area (Å²) in [5, 5.41) is 19.7. The van der Waals surface area contributed by atoms with E-state index in [-0.39, 0.29) is 17.9 Å². The molecular formula is C15H13NO5. The van der Waals surface area contributed by atoms with Gasteiger partial charge in [0.25, 0.3) is 0 Å². The predicted molar refractivity (Wildman–Crippen MR) is 75.7 cm³/mol. The fourth-order valence-electron chi connectivity index (χ4n) is 1.83. The molecule has 0 bridgehead atoms. The largest absolute Gasteiger partial charge is 0.481 e. The molecule has 0 aromatic heterocycles. The van der Waals surface area contributed by atoms with E-state index in [0.717, 1.165) is 5.56 Å². The molecule has 0 saturated heterocycles. The number of hydrogen-bond donors (Lipinski definition) is 1. The lowest BCUT2D eigenvalue weighted by Crippen LogP contribution is -1.99. The van der Waals surface area contributed by atoms with Crippen LogP contribution in [-0.2, 0) is 11.2 Å². The van der Waals surface area contributed by atoms with Crippen molar-refractivity contribution in [2.45, 2.75) is 13.3 Å². The summed E-state index contributed by atoms with van der Waals surface area (Å²) in [7, 11) is 0. The molecule has 6 heteroatoms. The molecule has 1 N–H and O–H groups in total. The van der Waals surface area contributed by atoms with Crippen molar-refractivity contribution in [1.82, 2.24) is 0 Å². The molecule has 21 heavy (non-hydrogen) atoms. The molecular weight excluding hydrogens is 274 g/mol. The Hall–Kier alpha value is -2.89. The minimum Gasteiger partial charge on any atom is -0.481 e. The van der Waals surface area contributed by atoms with Gasteiger partial charge in [-0.3, -0.25) is 14.9 Å². The fraction of sp³-hybridized carbons (Fsp3) is 0.133. The van der Waals surface area contributed by atoms with Gasteiger partial charge in [-0.05, 0) is 36.2 Å². The highest BCUT2D eigenvalue weighted by Crippen LogP contribution is 2.32. The van der Waals surface area contributed by atoms with Crippen molar-refractivity contribution in [2.24, 2.45) is 0 Å². The van der Waals surface area contributed by atoms with Gasteiger partial charge in [-0.2, -0.15) is 0 Å². The Morgan fingerprint density at radius 1 is 1.24 bits per heavy atom. The molecule has 2 aromatic carbocycles. The highest BCUT2D eigenvalue weighted by molar-refractivity contribution is 5.70. The summed E-state index contributed by atoms with van der Waals surface area (Å²) in [6.07, 6.45) is -0.0784. The Bertz CT molecular complexity index is 679. The van der Waals surface area contributed by atoms with Crippen molar-refractivity contribution in [3.05, 3.63) is 63.7 Å². The molecule has 0 atom stereocenters. The van der Waals surface area contributed by atoms with E-state index >= 15 is 0 Å². The highest BCUT2D eigenvalue weighted by Gasteiger charge is 2.15. The van der Waals surface area contributed by atoms with E-state index in [1.54, 1.807) is 43.3 Å². The number of carboxylic acids is 1. The Kier molecular flexibility index (Phi) is 4.18. The second-order valence-corrected chi connectivity index (χ2v) is 4.54. The van der Waals surface area contributed by atoms with E-state index < -0.39 is 10.9 Å². The van der Waals surface area contributed by atoms with Gasteiger partial charge in [0, 0.05) is 6.07 Å². The first-order chi connectivity index (χ1) is 9.95. The number of ether oxygens (including phenoxy) is 1. The monoisotopic (exact) mass is 287 g/mol. The average molecular weight is 287 g/mol. The molecule has 0 aliphatic heterocycles. The van der Waals surface area contributed by atoms with Gasteiger partial charge in [-0.15, -0.1) is 0 Å². The number of benzene rings is 2. The van der Waals surface area contributed by atoms with Crippen LogP contribution in [0, 0.1) is 17.0 Å². The lowest BCUT2D eigenvalue weighted by atomic mass is 10.1. The number of rotatable bonds is 5. The molecule has 0 fully saturated rings. The first-order valence-corrected chi connectivity index (χ1v) is 6.19. The fourth-order valence-corrected chi connectivity index (χ4v) is 1.83. The number of carboxylic acid groups (broad SMARTS) is 1. The van der Waals surface area contributed by atoms with E-state index in [2.05, 4.69) is 0 Å². The first kappa shape index (κ1) is 14.5. The van der Waals surface area contributed by atoms with Crippen molar-refractivity contribution in [3.8, 4) is 11.5 Å². The molecule has 6 nitrogen and oxygen atoms in total. The number of nitrogens with zero attached hydrogens (tertiary/aromatic N) is 1. The molecule has 0 spiro atoms. The Morgan fingerprint density at radius 2 is 1.90 bits per heavy atom. The predicted octanol–water partition coefficient (Wildman–Crippen LogP) is 3.32. The van der Waals surface area contributed by atoms with Crippen LogP contribution in [0.15, 0.2) is 42.5 Å². The highest BCUT2D eigenvalue weighted by atomic mass is 16.6. The second kappa shape index (κ2) is 6.04. The Labute approximate surface area is 120 Å². The van der Waals surface area contributed by atoms with Crippen LogP contribution in [0.3, 0.4) is 0 Å². The summed E-state index contributed by atoms with van der Waals surface area (Å²) in [4.78, 5) is 21.1. The van der Waals surface area contributed by atoms with Gasteiger partial charge in [0.15, 0.2) is 0 Å². The minimum absolute atomic E-state index is 0.0784. The number of nitro groups is 1. The molecule has 0 unspecified atom stereocenters. The minimum atomic E-state index is -0.919. The van der Waals surface area contributed by atoms with Crippen molar-refractivity contribution >= 4 is 11.7 Å². The molecule has 2 aromatic rings. The van der Waals surface area contributed by atoms with E-state index in [9.17, 15) is 14.9 Å². The Morgan fingerprint density at radius 3 is 2.48 bits per heavy atom. The van der Waals surface area contributed by atoms with Gasteiger partial charge in [-0.1, -0.05) is 18.2 Å². The third-order valence-corrected chi connectivity index (χ3v) is 2.82. The van der Waals surface area contributed by atoms with Gasteiger partial charge in [-0.25, -0.2) is 0 Å². The number of aliphatic carboxylic acids is 1. The van der Waals surface area contributed by atoms with Crippen LogP contribution < -0.4 is 4.74 Å². The van der Waals surface area contributed by atoms with Crippen LogP contribution in [0.5, 0.6) is 11.5 Å². The van der Waals surface area contributed by atoms with E-state index in [1.807, 2.05) is 0 Å².